The number of hydrogen-bond acceptors (Lipinski definition) is 6. The molecular formula is C12H11N5O5. The van der Waals surface area contributed by atoms with Gasteiger partial charge in [0.15, 0.2) is 5.82 Å². The van der Waals surface area contributed by atoms with Crippen molar-refractivity contribution in [1.82, 2.24) is 9.97 Å². The first-order valence-corrected chi connectivity index (χ1v) is 5.96. The van der Waals surface area contributed by atoms with Gasteiger partial charge >= 0.3 is 6.09 Å². The maximum Gasteiger partial charge on any atom is 0.412 e. The highest BCUT2D eigenvalue weighted by atomic mass is 16.6. The van der Waals surface area contributed by atoms with Crippen LogP contribution in [-0.2, 0) is 4.74 Å². The highest BCUT2D eigenvalue weighted by Crippen LogP contribution is 2.24. The number of aromatic amines is 1. The van der Waals surface area contributed by atoms with Crippen LogP contribution in [-0.4, -0.2) is 34.0 Å². The first-order valence-electron chi connectivity index (χ1n) is 5.96. The molecule has 0 saturated carbocycles. The summed E-state index contributed by atoms with van der Waals surface area (Å²) in [7, 11) is 1.16. The lowest BCUT2D eigenvalue weighted by Crippen LogP contribution is -2.18. The summed E-state index contributed by atoms with van der Waals surface area (Å²) in [6.07, 6.45) is 0.395. The minimum atomic E-state index is -0.799. The Hall–Kier alpha value is -3.43. The van der Waals surface area contributed by atoms with Gasteiger partial charge in [0.05, 0.1) is 18.4 Å². The zero-order chi connectivity index (χ0) is 16.1. The number of ether oxygens (including phenoxy) is 1. The number of rotatable bonds is 4. The summed E-state index contributed by atoms with van der Waals surface area (Å²) < 4.78 is 4.40. The number of nitro benzene ring substituents is 1. The number of para-hydroxylation sites is 2. The van der Waals surface area contributed by atoms with Gasteiger partial charge in [-0.05, 0) is 6.07 Å². The van der Waals surface area contributed by atoms with E-state index in [2.05, 4.69) is 25.3 Å². The van der Waals surface area contributed by atoms with Gasteiger partial charge in [-0.15, -0.1) is 0 Å². The summed E-state index contributed by atoms with van der Waals surface area (Å²) in [6, 6.07) is 5.67. The molecule has 0 spiro atoms. The maximum absolute atomic E-state index is 12.1. The molecule has 2 rings (SSSR count). The molecule has 0 bridgehead atoms. The number of aromatic nitrogens is 2. The van der Waals surface area contributed by atoms with Gasteiger partial charge in [-0.2, -0.15) is 0 Å². The van der Waals surface area contributed by atoms with Crippen molar-refractivity contribution in [1.29, 1.82) is 0 Å². The molecule has 2 amide bonds. The third-order valence-electron chi connectivity index (χ3n) is 2.62. The van der Waals surface area contributed by atoms with E-state index in [9.17, 15) is 19.7 Å². The zero-order valence-corrected chi connectivity index (χ0v) is 11.3. The number of benzene rings is 1. The highest BCUT2D eigenvalue weighted by Gasteiger charge is 2.20. The van der Waals surface area contributed by atoms with E-state index in [1.165, 1.54) is 24.5 Å². The molecule has 1 aromatic heterocycles. The lowest BCUT2D eigenvalue weighted by molar-refractivity contribution is -0.383. The van der Waals surface area contributed by atoms with Gasteiger partial charge in [0.2, 0.25) is 0 Å². The molecule has 0 fully saturated rings. The molecule has 114 valence electrons. The van der Waals surface area contributed by atoms with E-state index in [0.717, 1.165) is 7.11 Å². The number of methoxy groups -OCH3 is 1. The van der Waals surface area contributed by atoms with Gasteiger partial charge in [-0.1, -0.05) is 12.1 Å². The Morgan fingerprint density at radius 2 is 2.05 bits per heavy atom. The second kappa shape index (κ2) is 6.35. The van der Waals surface area contributed by atoms with Gasteiger partial charge < -0.3 is 15.0 Å². The number of amides is 2. The van der Waals surface area contributed by atoms with Crippen molar-refractivity contribution in [3.63, 3.8) is 0 Å². The second-order valence-corrected chi connectivity index (χ2v) is 3.97. The minimum Gasteiger partial charge on any atom is -0.453 e. The van der Waals surface area contributed by atoms with Gasteiger partial charge in [-0.25, -0.2) is 9.78 Å². The molecular weight excluding hydrogens is 294 g/mol. The molecule has 0 unspecified atom stereocenters. The van der Waals surface area contributed by atoms with Gasteiger partial charge in [0.1, 0.15) is 11.4 Å². The number of nitro groups is 1. The van der Waals surface area contributed by atoms with Crippen LogP contribution < -0.4 is 10.6 Å². The first kappa shape index (κ1) is 15.0. The van der Waals surface area contributed by atoms with E-state index in [0.29, 0.717) is 0 Å². The summed E-state index contributed by atoms with van der Waals surface area (Å²) in [5.74, 6) is -0.749. The lowest BCUT2D eigenvalue weighted by Gasteiger charge is -2.06. The Balaban J connectivity index is 2.22. The summed E-state index contributed by atoms with van der Waals surface area (Å²) >= 11 is 0. The molecule has 22 heavy (non-hydrogen) atoms. The van der Waals surface area contributed by atoms with Crippen LogP contribution in [0.1, 0.15) is 10.5 Å². The van der Waals surface area contributed by atoms with Gasteiger partial charge in [-0.3, -0.25) is 20.2 Å². The molecule has 1 heterocycles. The molecule has 0 aliphatic heterocycles. The Morgan fingerprint density at radius 3 is 2.73 bits per heavy atom. The number of nitrogens with zero attached hydrogens (tertiary/aromatic N) is 2. The fraction of sp³-hybridized carbons (Fsp3) is 0.0833. The fourth-order valence-corrected chi connectivity index (χ4v) is 1.63. The van der Waals surface area contributed by atoms with Crippen molar-refractivity contribution in [3.05, 3.63) is 46.4 Å². The van der Waals surface area contributed by atoms with Crippen molar-refractivity contribution in [2.75, 3.05) is 17.7 Å². The standard InChI is InChI=1S/C12H11N5O5/c1-22-12(19)16-10-9(13-6-14-10)11(18)15-7-4-2-3-5-8(7)17(20)21/h2-6H,1H3,(H,13,14)(H,15,18)(H,16,19). The summed E-state index contributed by atoms with van der Waals surface area (Å²) in [5, 5.41) is 15.5. The molecule has 0 atom stereocenters. The van der Waals surface area contributed by atoms with E-state index in [1.54, 1.807) is 6.07 Å². The minimum absolute atomic E-state index is 0.0242. The largest absolute Gasteiger partial charge is 0.453 e. The Bertz CT molecular complexity index is 726. The van der Waals surface area contributed by atoms with Gasteiger partial charge in [0, 0.05) is 6.07 Å². The quantitative estimate of drug-likeness (QED) is 0.580. The Labute approximate surface area is 123 Å². The van der Waals surface area contributed by atoms with E-state index in [4.69, 9.17) is 0 Å². The molecule has 0 saturated heterocycles. The van der Waals surface area contributed by atoms with Crippen LogP contribution in [0.2, 0.25) is 0 Å². The van der Waals surface area contributed by atoms with Crippen LogP contribution in [0.25, 0.3) is 0 Å². The second-order valence-electron chi connectivity index (χ2n) is 3.97. The molecule has 0 aliphatic carbocycles. The number of carbonyl (C=O) groups excluding carboxylic acids is 2. The van der Waals surface area contributed by atoms with Crippen LogP contribution in [0, 0.1) is 10.1 Å². The molecule has 2 aromatic rings. The zero-order valence-electron chi connectivity index (χ0n) is 11.3. The van der Waals surface area contributed by atoms with Crippen molar-refractivity contribution < 1.29 is 19.2 Å². The Morgan fingerprint density at radius 1 is 1.32 bits per heavy atom. The van der Waals surface area contributed by atoms with Crippen LogP contribution >= 0.6 is 0 Å². The summed E-state index contributed by atoms with van der Waals surface area (Å²) in [4.78, 5) is 39.9. The molecule has 10 heteroatoms. The number of imidazole rings is 1. The molecule has 3 N–H and O–H groups in total. The normalized spacial score (nSPS) is 9.86. The van der Waals surface area contributed by atoms with Crippen molar-refractivity contribution in [2.45, 2.75) is 0 Å². The average molecular weight is 305 g/mol. The maximum atomic E-state index is 12.1. The molecule has 1 aromatic carbocycles. The van der Waals surface area contributed by atoms with Crippen LogP contribution in [0.15, 0.2) is 30.6 Å². The van der Waals surface area contributed by atoms with E-state index in [-0.39, 0.29) is 22.9 Å². The molecule has 0 aliphatic rings. The summed E-state index contributed by atoms with van der Waals surface area (Å²) in [5.41, 5.74) is -0.294. The van der Waals surface area contributed by atoms with E-state index >= 15 is 0 Å². The molecule has 10 nitrogen and oxygen atoms in total. The van der Waals surface area contributed by atoms with E-state index < -0.39 is 16.9 Å². The number of nitrogens with one attached hydrogen (secondary N) is 3. The number of hydrogen-bond donors (Lipinski definition) is 3. The fourth-order valence-electron chi connectivity index (χ4n) is 1.63. The van der Waals surface area contributed by atoms with Crippen LogP contribution in [0.3, 0.4) is 0 Å². The topological polar surface area (TPSA) is 139 Å². The van der Waals surface area contributed by atoms with Crippen LogP contribution in [0.5, 0.6) is 0 Å². The van der Waals surface area contributed by atoms with Crippen molar-refractivity contribution in [2.24, 2.45) is 0 Å². The lowest BCUT2D eigenvalue weighted by atomic mass is 10.2. The Kier molecular flexibility index (Phi) is 4.32. The number of anilines is 2. The average Bonchev–Trinajstić information content (AvgIpc) is 2.95. The first-order chi connectivity index (χ1) is 10.5. The number of H-pyrrole nitrogens is 1. The smallest absolute Gasteiger partial charge is 0.412 e. The third kappa shape index (κ3) is 3.17. The third-order valence-corrected chi connectivity index (χ3v) is 2.62. The van der Waals surface area contributed by atoms with Crippen molar-refractivity contribution >= 4 is 29.2 Å². The highest BCUT2D eigenvalue weighted by molar-refractivity contribution is 6.08. The van der Waals surface area contributed by atoms with Crippen LogP contribution in [0.4, 0.5) is 22.0 Å². The predicted molar refractivity (Wildman–Crippen MR) is 75.7 cm³/mol. The summed E-state index contributed by atoms with van der Waals surface area (Å²) in [6.45, 7) is 0. The molecule has 0 radical (unpaired) electrons. The SMILES string of the molecule is COC(=O)Nc1nc[nH]c1C(=O)Nc1ccccc1[N+](=O)[O-]. The number of carbonyl (C=O) groups is 2. The van der Waals surface area contributed by atoms with Crippen molar-refractivity contribution in [3.8, 4) is 0 Å². The monoisotopic (exact) mass is 305 g/mol. The van der Waals surface area contributed by atoms with Gasteiger partial charge in [0.25, 0.3) is 11.6 Å². The van der Waals surface area contributed by atoms with E-state index in [1.807, 2.05) is 0 Å². The predicted octanol–water partition coefficient (Wildman–Crippen LogP) is 1.75.